The standard InChI is InChI=1S/C23H32N4O.HI/c1-2-24-23(25-16-19-7-8-21-5-3-4-6-22(21)15-19)27-10-9-20(18-27)17-26-11-13-28-14-12-26;/h3-8,15,20H,2,9-14,16-18H2,1H3,(H,24,25);1H. The Bertz CT molecular complexity index is 806. The monoisotopic (exact) mass is 508 g/mol. The van der Waals surface area contributed by atoms with Gasteiger partial charge in [0, 0.05) is 39.3 Å². The van der Waals surface area contributed by atoms with Crippen LogP contribution in [-0.4, -0.2) is 68.2 Å². The molecule has 2 aromatic carbocycles. The fraction of sp³-hybridized carbons (Fsp3) is 0.522. The number of hydrogen-bond donors (Lipinski definition) is 1. The third-order valence-electron chi connectivity index (χ3n) is 5.77. The predicted molar refractivity (Wildman–Crippen MR) is 131 cm³/mol. The maximum absolute atomic E-state index is 5.48. The minimum absolute atomic E-state index is 0. The molecule has 4 rings (SSSR count). The Morgan fingerprint density at radius 3 is 2.69 bits per heavy atom. The molecule has 0 aromatic heterocycles. The van der Waals surface area contributed by atoms with Crippen LogP contribution in [0.2, 0.25) is 0 Å². The first kappa shape index (κ1) is 22.3. The second-order valence-corrected chi connectivity index (χ2v) is 7.87. The highest BCUT2D eigenvalue weighted by Gasteiger charge is 2.27. The van der Waals surface area contributed by atoms with Crippen molar-refractivity contribution in [1.82, 2.24) is 15.1 Å². The number of guanidine groups is 1. The molecule has 2 saturated heterocycles. The third kappa shape index (κ3) is 6.06. The van der Waals surface area contributed by atoms with Gasteiger partial charge in [0.1, 0.15) is 0 Å². The maximum Gasteiger partial charge on any atom is 0.194 e. The van der Waals surface area contributed by atoms with Gasteiger partial charge in [-0.1, -0.05) is 36.4 Å². The van der Waals surface area contributed by atoms with E-state index in [0.717, 1.165) is 64.4 Å². The first-order chi connectivity index (χ1) is 13.8. The van der Waals surface area contributed by atoms with Crippen molar-refractivity contribution in [3.63, 3.8) is 0 Å². The van der Waals surface area contributed by atoms with Crippen LogP contribution < -0.4 is 5.32 Å². The number of ether oxygens (including phenoxy) is 1. The summed E-state index contributed by atoms with van der Waals surface area (Å²) in [5.41, 5.74) is 1.26. The van der Waals surface area contributed by atoms with E-state index in [1.165, 1.54) is 29.3 Å². The molecular weight excluding hydrogens is 475 g/mol. The Morgan fingerprint density at radius 1 is 1.10 bits per heavy atom. The molecule has 6 heteroatoms. The molecule has 2 heterocycles. The summed E-state index contributed by atoms with van der Waals surface area (Å²) in [4.78, 5) is 9.94. The molecule has 29 heavy (non-hydrogen) atoms. The van der Waals surface area contributed by atoms with Gasteiger partial charge in [0.25, 0.3) is 0 Å². The lowest BCUT2D eigenvalue weighted by molar-refractivity contribution is 0.0315. The van der Waals surface area contributed by atoms with Crippen LogP contribution in [-0.2, 0) is 11.3 Å². The largest absolute Gasteiger partial charge is 0.379 e. The van der Waals surface area contributed by atoms with Crippen LogP contribution in [0.1, 0.15) is 18.9 Å². The van der Waals surface area contributed by atoms with Gasteiger partial charge in [-0.2, -0.15) is 0 Å². The molecule has 1 unspecified atom stereocenters. The van der Waals surface area contributed by atoms with Gasteiger partial charge in [-0.15, -0.1) is 24.0 Å². The predicted octanol–water partition coefficient (Wildman–Crippen LogP) is 3.58. The van der Waals surface area contributed by atoms with Crippen molar-refractivity contribution in [2.75, 3.05) is 52.5 Å². The number of rotatable bonds is 5. The minimum Gasteiger partial charge on any atom is -0.379 e. The van der Waals surface area contributed by atoms with Gasteiger partial charge < -0.3 is 15.0 Å². The number of nitrogens with one attached hydrogen (secondary N) is 1. The molecule has 5 nitrogen and oxygen atoms in total. The fourth-order valence-electron chi connectivity index (χ4n) is 4.25. The van der Waals surface area contributed by atoms with Crippen LogP contribution >= 0.6 is 24.0 Å². The summed E-state index contributed by atoms with van der Waals surface area (Å²) >= 11 is 0. The van der Waals surface area contributed by atoms with Crippen LogP contribution in [0.4, 0.5) is 0 Å². The zero-order valence-electron chi connectivity index (χ0n) is 17.3. The molecule has 0 saturated carbocycles. The lowest BCUT2D eigenvalue weighted by Gasteiger charge is -2.29. The van der Waals surface area contributed by atoms with Crippen molar-refractivity contribution in [3.8, 4) is 0 Å². The Balaban J connectivity index is 0.00000240. The van der Waals surface area contributed by atoms with Crippen molar-refractivity contribution in [2.45, 2.75) is 19.9 Å². The quantitative estimate of drug-likeness (QED) is 0.381. The highest BCUT2D eigenvalue weighted by Crippen LogP contribution is 2.19. The molecule has 0 spiro atoms. The summed E-state index contributed by atoms with van der Waals surface area (Å²) in [5, 5.41) is 6.07. The molecule has 158 valence electrons. The normalized spacial score (nSPS) is 20.7. The summed E-state index contributed by atoms with van der Waals surface area (Å²) in [6.45, 7) is 11.1. The lowest BCUT2D eigenvalue weighted by Crippen LogP contribution is -2.42. The van der Waals surface area contributed by atoms with Gasteiger partial charge in [-0.25, -0.2) is 4.99 Å². The molecule has 2 aliphatic rings. The van der Waals surface area contributed by atoms with Crippen LogP contribution in [0.5, 0.6) is 0 Å². The van der Waals surface area contributed by atoms with E-state index in [-0.39, 0.29) is 24.0 Å². The molecule has 2 aromatic rings. The zero-order valence-corrected chi connectivity index (χ0v) is 19.7. The molecule has 1 atom stereocenters. The van der Waals surface area contributed by atoms with Crippen molar-refractivity contribution >= 4 is 40.7 Å². The average molecular weight is 508 g/mol. The SMILES string of the molecule is CCNC(=NCc1ccc2ccccc2c1)N1CCC(CN2CCOCC2)C1.I. The van der Waals surface area contributed by atoms with Gasteiger partial charge in [-0.05, 0) is 41.7 Å². The van der Waals surface area contributed by atoms with Gasteiger partial charge in [0.05, 0.1) is 19.8 Å². The number of aliphatic imine (C=N–C) groups is 1. The molecule has 0 aliphatic carbocycles. The Labute approximate surface area is 191 Å². The topological polar surface area (TPSA) is 40.1 Å². The highest BCUT2D eigenvalue weighted by atomic mass is 127. The summed E-state index contributed by atoms with van der Waals surface area (Å²) in [7, 11) is 0. The smallest absolute Gasteiger partial charge is 0.194 e. The summed E-state index contributed by atoms with van der Waals surface area (Å²) in [6.07, 6.45) is 1.25. The van der Waals surface area contributed by atoms with E-state index in [1.807, 2.05) is 0 Å². The van der Waals surface area contributed by atoms with E-state index in [4.69, 9.17) is 9.73 Å². The average Bonchev–Trinajstić information content (AvgIpc) is 3.20. The first-order valence-electron chi connectivity index (χ1n) is 10.6. The molecule has 1 N–H and O–H groups in total. The highest BCUT2D eigenvalue weighted by molar-refractivity contribution is 14.0. The van der Waals surface area contributed by atoms with Crippen LogP contribution in [0.3, 0.4) is 0 Å². The summed E-state index contributed by atoms with van der Waals surface area (Å²) in [6, 6.07) is 15.2. The second-order valence-electron chi connectivity index (χ2n) is 7.87. The van der Waals surface area contributed by atoms with Crippen molar-refractivity contribution < 1.29 is 4.74 Å². The fourth-order valence-corrected chi connectivity index (χ4v) is 4.25. The van der Waals surface area contributed by atoms with E-state index in [2.05, 4.69) is 64.5 Å². The van der Waals surface area contributed by atoms with E-state index in [0.29, 0.717) is 0 Å². The second kappa shape index (κ2) is 11.1. The molecule has 0 bridgehead atoms. The molecular formula is C23H33IN4O. The van der Waals surface area contributed by atoms with Gasteiger partial charge in [0.15, 0.2) is 5.96 Å². The van der Waals surface area contributed by atoms with Crippen molar-refractivity contribution in [2.24, 2.45) is 10.9 Å². The van der Waals surface area contributed by atoms with E-state index < -0.39 is 0 Å². The van der Waals surface area contributed by atoms with Crippen LogP contribution in [0, 0.1) is 5.92 Å². The maximum atomic E-state index is 5.48. The first-order valence-corrected chi connectivity index (χ1v) is 10.6. The third-order valence-corrected chi connectivity index (χ3v) is 5.77. The summed E-state index contributed by atoms with van der Waals surface area (Å²) in [5.74, 6) is 1.78. The Morgan fingerprint density at radius 2 is 1.90 bits per heavy atom. The van der Waals surface area contributed by atoms with Gasteiger partial charge in [0.2, 0.25) is 0 Å². The number of halogens is 1. The number of hydrogen-bond acceptors (Lipinski definition) is 3. The van der Waals surface area contributed by atoms with Crippen molar-refractivity contribution in [3.05, 3.63) is 48.0 Å². The van der Waals surface area contributed by atoms with Crippen LogP contribution in [0.15, 0.2) is 47.5 Å². The van der Waals surface area contributed by atoms with Gasteiger partial charge >= 0.3 is 0 Å². The number of fused-ring (bicyclic) bond motifs is 1. The number of nitrogens with zero attached hydrogens (tertiary/aromatic N) is 3. The summed E-state index contributed by atoms with van der Waals surface area (Å²) < 4.78 is 5.48. The number of benzene rings is 2. The molecule has 2 fully saturated rings. The minimum atomic E-state index is 0. The number of morpholine rings is 1. The lowest BCUT2D eigenvalue weighted by atomic mass is 10.1. The Hall–Kier alpha value is -1.38. The van der Waals surface area contributed by atoms with E-state index >= 15 is 0 Å². The molecule has 0 amide bonds. The van der Waals surface area contributed by atoms with Crippen molar-refractivity contribution in [1.29, 1.82) is 0 Å². The zero-order chi connectivity index (χ0) is 19.2. The van der Waals surface area contributed by atoms with E-state index in [9.17, 15) is 0 Å². The molecule has 0 radical (unpaired) electrons. The Kier molecular flexibility index (Phi) is 8.56. The van der Waals surface area contributed by atoms with Gasteiger partial charge in [-0.3, -0.25) is 4.90 Å². The van der Waals surface area contributed by atoms with E-state index in [1.54, 1.807) is 0 Å². The van der Waals surface area contributed by atoms with Crippen LogP contribution in [0.25, 0.3) is 10.8 Å². The number of likely N-dealkylation sites (tertiary alicyclic amines) is 1. The molecule has 2 aliphatic heterocycles.